The second-order valence-corrected chi connectivity index (χ2v) is 4.76. The number of carbonyl (C=O) groups excluding carboxylic acids is 2. The van der Waals surface area contributed by atoms with Crippen molar-refractivity contribution in [2.45, 2.75) is 45.6 Å². The van der Waals surface area contributed by atoms with Crippen molar-refractivity contribution in [1.29, 1.82) is 0 Å². The number of rotatable bonds is 4. The van der Waals surface area contributed by atoms with E-state index in [9.17, 15) is 9.59 Å². The lowest BCUT2D eigenvalue weighted by Gasteiger charge is -2.28. The van der Waals surface area contributed by atoms with Crippen molar-refractivity contribution < 1.29 is 9.59 Å². The minimum absolute atomic E-state index is 0.150. The van der Waals surface area contributed by atoms with Crippen LogP contribution in [0.3, 0.4) is 0 Å². The van der Waals surface area contributed by atoms with Gasteiger partial charge in [0.1, 0.15) is 6.04 Å². The van der Waals surface area contributed by atoms with Crippen molar-refractivity contribution in [2.24, 2.45) is 0 Å². The Bertz CT molecular complexity index is 531. The molecule has 0 radical (unpaired) electrons. The molecule has 2 heterocycles. The van der Waals surface area contributed by atoms with E-state index in [4.69, 9.17) is 0 Å². The first kappa shape index (κ1) is 14.4. The smallest absolute Gasteiger partial charge is 0.251 e. The largest absolute Gasteiger partial charge is 0.341 e. The molecule has 1 saturated heterocycles. The molecule has 0 bridgehead atoms. The molecule has 1 aromatic heterocycles. The van der Waals surface area contributed by atoms with Gasteiger partial charge in [-0.25, -0.2) is 4.98 Å². The van der Waals surface area contributed by atoms with Gasteiger partial charge in [0, 0.05) is 13.5 Å². The van der Waals surface area contributed by atoms with Crippen LogP contribution >= 0.6 is 0 Å². The monoisotopic (exact) mass is 277 g/mol. The summed E-state index contributed by atoms with van der Waals surface area (Å²) in [7, 11) is 1.50. The molecule has 0 aromatic carbocycles. The summed E-state index contributed by atoms with van der Waals surface area (Å²) in [4.78, 5) is 28.9. The minimum Gasteiger partial charge on any atom is -0.341 e. The summed E-state index contributed by atoms with van der Waals surface area (Å²) in [6, 6.07) is -0.461. The number of anilines is 1. The molecule has 1 atom stereocenters. The average Bonchev–Trinajstić information content (AvgIpc) is 2.47. The molecule has 7 heteroatoms. The Morgan fingerprint density at radius 3 is 2.55 bits per heavy atom. The van der Waals surface area contributed by atoms with Gasteiger partial charge in [-0.15, -0.1) is 5.10 Å². The average molecular weight is 277 g/mol. The first-order chi connectivity index (χ1) is 9.56. The third kappa shape index (κ3) is 2.76. The van der Waals surface area contributed by atoms with Gasteiger partial charge in [-0.3, -0.25) is 14.5 Å². The van der Waals surface area contributed by atoms with E-state index in [1.54, 1.807) is 0 Å². The molecule has 7 nitrogen and oxygen atoms in total. The molecule has 1 aromatic rings. The number of hydrogen-bond donors (Lipinski definition) is 1. The van der Waals surface area contributed by atoms with Crippen LogP contribution in [0.2, 0.25) is 0 Å². The highest BCUT2D eigenvalue weighted by Crippen LogP contribution is 2.15. The lowest BCUT2D eigenvalue weighted by molar-refractivity contribution is -0.146. The number of likely N-dealkylation sites (tertiary alicyclic amines) is 1. The van der Waals surface area contributed by atoms with Crippen molar-refractivity contribution in [2.75, 3.05) is 12.4 Å². The van der Waals surface area contributed by atoms with Crippen LogP contribution in [0.1, 0.15) is 38.1 Å². The zero-order chi connectivity index (χ0) is 14.7. The van der Waals surface area contributed by atoms with Crippen LogP contribution in [0, 0.1) is 0 Å². The quantitative estimate of drug-likeness (QED) is 0.809. The molecule has 0 saturated carbocycles. The summed E-state index contributed by atoms with van der Waals surface area (Å²) in [5.41, 5.74) is 1.76. The van der Waals surface area contributed by atoms with Crippen LogP contribution in [0.4, 0.5) is 5.95 Å². The Kier molecular flexibility index (Phi) is 4.26. The van der Waals surface area contributed by atoms with E-state index in [0.29, 0.717) is 18.8 Å². The molecular formula is C13H19N5O2. The zero-order valence-corrected chi connectivity index (χ0v) is 12.0. The number of imide groups is 1. The molecule has 1 aliphatic heterocycles. The molecule has 108 valence electrons. The number of aryl methyl sites for hydroxylation is 2. The Balaban J connectivity index is 2.14. The van der Waals surface area contributed by atoms with Crippen molar-refractivity contribution in [3.63, 3.8) is 0 Å². The number of likely N-dealkylation sites (N-methyl/N-ethyl adjacent to an activating group) is 1. The van der Waals surface area contributed by atoms with E-state index in [1.807, 2.05) is 13.8 Å². The summed E-state index contributed by atoms with van der Waals surface area (Å²) in [6.45, 7) is 4.01. The van der Waals surface area contributed by atoms with E-state index in [2.05, 4.69) is 20.5 Å². The van der Waals surface area contributed by atoms with Gasteiger partial charge >= 0.3 is 0 Å². The Hall–Kier alpha value is -2.05. The highest BCUT2D eigenvalue weighted by atomic mass is 16.2. The third-order valence-corrected chi connectivity index (χ3v) is 3.46. The van der Waals surface area contributed by atoms with Crippen LogP contribution in [0.25, 0.3) is 0 Å². The van der Waals surface area contributed by atoms with Crippen molar-refractivity contribution in [1.82, 2.24) is 20.1 Å². The van der Waals surface area contributed by atoms with E-state index in [0.717, 1.165) is 29.1 Å². The van der Waals surface area contributed by atoms with Gasteiger partial charge < -0.3 is 5.32 Å². The van der Waals surface area contributed by atoms with Crippen molar-refractivity contribution >= 4 is 17.8 Å². The maximum Gasteiger partial charge on any atom is 0.251 e. The maximum absolute atomic E-state index is 12.0. The second-order valence-electron chi connectivity index (χ2n) is 4.76. The normalized spacial score (nSPS) is 19.4. The third-order valence-electron chi connectivity index (χ3n) is 3.46. The molecule has 1 unspecified atom stereocenters. The summed E-state index contributed by atoms with van der Waals surface area (Å²) < 4.78 is 0. The van der Waals surface area contributed by atoms with Crippen LogP contribution in [-0.4, -0.2) is 45.0 Å². The first-order valence-corrected chi connectivity index (χ1v) is 6.86. The molecule has 0 spiro atoms. The number of aromatic nitrogens is 3. The van der Waals surface area contributed by atoms with E-state index >= 15 is 0 Å². The van der Waals surface area contributed by atoms with Crippen LogP contribution in [0.15, 0.2) is 0 Å². The molecule has 1 aliphatic rings. The van der Waals surface area contributed by atoms with Gasteiger partial charge in [-0.05, 0) is 19.3 Å². The number of nitrogens with zero attached hydrogens (tertiary/aromatic N) is 4. The lowest BCUT2D eigenvalue weighted by atomic mass is 10.1. The highest BCUT2D eigenvalue weighted by molar-refractivity contribution is 6.01. The fourth-order valence-corrected chi connectivity index (χ4v) is 2.20. The predicted octanol–water partition coefficient (Wildman–Crippen LogP) is 0.556. The van der Waals surface area contributed by atoms with Gasteiger partial charge in [0.25, 0.3) is 5.91 Å². The van der Waals surface area contributed by atoms with Gasteiger partial charge in [-0.2, -0.15) is 5.10 Å². The van der Waals surface area contributed by atoms with Crippen LogP contribution < -0.4 is 5.32 Å². The number of piperidine rings is 1. The molecule has 0 aliphatic carbocycles. The number of hydrogen-bond acceptors (Lipinski definition) is 6. The standard InChI is InChI=1S/C13H19N5O2/c1-4-8-9(5-2)16-17-13(14-8)15-10-6-7-11(19)18(3)12(10)20/h10H,4-7H2,1-3H3,(H,14,15,17). The summed E-state index contributed by atoms with van der Waals surface area (Å²) in [6.07, 6.45) is 2.36. The second kappa shape index (κ2) is 5.94. The fourth-order valence-electron chi connectivity index (χ4n) is 2.20. The van der Waals surface area contributed by atoms with E-state index in [1.165, 1.54) is 7.05 Å². The zero-order valence-electron chi connectivity index (χ0n) is 12.0. The minimum atomic E-state index is -0.461. The van der Waals surface area contributed by atoms with Crippen LogP contribution in [0.5, 0.6) is 0 Å². The molecule has 2 rings (SSSR count). The SMILES string of the molecule is CCc1nnc(NC2CCC(=O)N(C)C2=O)nc1CC. The van der Waals surface area contributed by atoms with Gasteiger partial charge in [0.2, 0.25) is 11.9 Å². The van der Waals surface area contributed by atoms with E-state index in [-0.39, 0.29) is 11.8 Å². The number of amides is 2. The Morgan fingerprint density at radius 1 is 1.20 bits per heavy atom. The molecule has 1 N–H and O–H groups in total. The summed E-state index contributed by atoms with van der Waals surface area (Å²) in [5, 5.41) is 11.1. The topological polar surface area (TPSA) is 88.1 Å². The molecule has 2 amide bonds. The maximum atomic E-state index is 12.0. The number of nitrogens with one attached hydrogen (secondary N) is 1. The Morgan fingerprint density at radius 2 is 1.90 bits per heavy atom. The highest BCUT2D eigenvalue weighted by Gasteiger charge is 2.32. The lowest BCUT2D eigenvalue weighted by Crippen LogP contribution is -2.48. The van der Waals surface area contributed by atoms with Gasteiger partial charge in [-0.1, -0.05) is 13.8 Å². The van der Waals surface area contributed by atoms with Gasteiger partial charge in [0.15, 0.2) is 0 Å². The summed E-state index contributed by atoms with van der Waals surface area (Å²) >= 11 is 0. The van der Waals surface area contributed by atoms with Gasteiger partial charge in [0.05, 0.1) is 11.4 Å². The van der Waals surface area contributed by atoms with Crippen LogP contribution in [-0.2, 0) is 22.4 Å². The summed E-state index contributed by atoms with van der Waals surface area (Å²) in [5.74, 6) is -0.0507. The molecule has 20 heavy (non-hydrogen) atoms. The first-order valence-electron chi connectivity index (χ1n) is 6.86. The molecule has 1 fully saturated rings. The fraction of sp³-hybridized carbons (Fsp3) is 0.615. The number of carbonyl (C=O) groups is 2. The Labute approximate surface area is 117 Å². The van der Waals surface area contributed by atoms with E-state index < -0.39 is 6.04 Å². The van der Waals surface area contributed by atoms with Crippen molar-refractivity contribution in [3.8, 4) is 0 Å². The predicted molar refractivity (Wildman–Crippen MR) is 73.0 cm³/mol. The molecular weight excluding hydrogens is 258 g/mol. The van der Waals surface area contributed by atoms with Crippen molar-refractivity contribution in [3.05, 3.63) is 11.4 Å².